The maximum Gasteiger partial charge on any atom is 0.0900 e. The van der Waals surface area contributed by atoms with Crippen LogP contribution in [0.5, 0.6) is 0 Å². The first-order chi connectivity index (χ1) is 5.85. The van der Waals surface area contributed by atoms with Crippen LogP contribution in [0.4, 0.5) is 0 Å². The number of thiazole rings is 1. The molecule has 0 amide bonds. The second-order valence-corrected chi connectivity index (χ2v) is 5.50. The van der Waals surface area contributed by atoms with Crippen LogP contribution in [-0.2, 0) is 5.54 Å². The van der Waals surface area contributed by atoms with E-state index in [2.05, 4.69) is 51.7 Å². The molecule has 1 aromatic heterocycles. The fraction of sp³-hybridized carbons (Fsp3) is 0.700. The van der Waals surface area contributed by atoms with Crippen LogP contribution in [0.2, 0.25) is 0 Å². The standard InChI is InChI=1S/C10H18N2S/c1-7-9(11-8(2)13-7)10(3,4)12(5)6/h1-6H3. The van der Waals surface area contributed by atoms with Crippen LogP contribution in [0.15, 0.2) is 0 Å². The minimum Gasteiger partial charge on any atom is -0.299 e. The molecule has 2 nitrogen and oxygen atoms in total. The quantitative estimate of drug-likeness (QED) is 0.726. The summed E-state index contributed by atoms with van der Waals surface area (Å²) in [6.07, 6.45) is 0. The molecule has 0 N–H and O–H groups in total. The molecule has 0 fully saturated rings. The van der Waals surface area contributed by atoms with Gasteiger partial charge in [-0.1, -0.05) is 0 Å². The van der Waals surface area contributed by atoms with E-state index in [1.165, 1.54) is 10.6 Å². The highest BCUT2D eigenvalue weighted by molar-refractivity contribution is 7.11. The van der Waals surface area contributed by atoms with Gasteiger partial charge in [-0.3, -0.25) is 4.90 Å². The molecule has 0 atom stereocenters. The van der Waals surface area contributed by atoms with E-state index in [9.17, 15) is 0 Å². The molecule has 0 aliphatic heterocycles. The summed E-state index contributed by atoms with van der Waals surface area (Å²) >= 11 is 1.78. The van der Waals surface area contributed by atoms with E-state index in [1.54, 1.807) is 11.3 Å². The van der Waals surface area contributed by atoms with Crippen molar-refractivity contribution in [3.05, 3.63) is 15.6 Å². The Labute approximate surface area is 84.6 Å². The third-order valence-electron chi connectivity index (χ3n) is 2.60. The van der Waals surface area contributed by atoms with Crippen molar-refractivity contribution in [2.75, 3.05) is 14.1 Å². The average Bonchev–Trinajstić information content (AvgIpc) is 2.30. The lowest BCUT2D eigenvalue weighted by atomic mass is 9.98. The first kappa shape index (κ1) is 10.7. The lowest BCUT2D eigenvalue weighted by Crippen LogP contribution is -2.36. The third-order valence-corrected chi connectivity index (χ3v) is 3.49. The van der Waals surface area contributed by atoms with Gasteiger partial charge in [-0.05, 0) is 41.8 Å². The van der Waals surface area contributed by atoms with Crippen molar-refractivity contribution >= 4 is 11.3 Å². The first-order valence-electron chi connectivity index (χ1n) is 4.47. The van der Waals surface area contributed by atoms with Gasteiger partial charge >= 0.3 is 0 Å². The van der Waals surface area contributed by atoms with Crippen LogP contribution in [0, 0.1) is 13.8 Å². The number of aromatic nitrogens is 1. The van der Waals surface area contributed by atoms with E-state index < -0.39 is 0 Å². The van der Waals surface area contributed by atoms with Crippen molar-refractivity contribution < 1.29 is 0 Å². The molecule has 0 aromatic carbocycles. The summed E-state index contributed by atoms with van der Waals surface area (Å²) in [7, 11) is 4.18. The first-order valence-corrected chi connectivity index (χ1v) is 5.29. The number of aryl methyl sites for hydroxylation is 2. The molecule has 0 bridgehead atoms. The maximum absolute atomic E-state index is 4.58. The molecule has 0 saturated carbocycles. The van der Waals surface area contributed by atoms with E-state index in [4.69, 9.17) is 0 Å². The zero-order valence-electron chi connectivity index (χ0n) is 9.30. The van der Waals surface area contributed by atoms with Crippen LogP contribution in [-0.4, -0.2) is 24.0 Å². The minimum absolute atomic E-state index is 0.0366. The predicted octanol–water partition coefficient (Wildman–Crippen LogP) is 2.56. The van der Waals surface area contributed by atoms with Gasteiger partial charge in [-0.2, -0.15) is 0 Å². The summed E-state index contributed by atoms with van der Waals surface area (Å²) in [5, 5.41) is 1.16. The number of hydrogen-bond acceptors (Lipinski definition) is 3. The second-order valence-electron chi connectivity index (χ2n) is 4.09. The fourth-order valence-electron chi connectivity index (χ4n) is 1.31. The summed E-state index contributed by atoms with van der Waals surface area (Å²) in [5.41, 5.74) is 1.24. The molecule has 0 unspecified atom stereocenters. The summed E-state index contributed by atoms with van der Waals surface area (Å²) in [6, 6.07) is 0. The molecule has 3 heteroatoms. The minimum atomic E-state index is 0.0366. The number of nitrogens with zero attached hydrogens (tertiary/aromatic N) is 2. The highest BCUT2D eigenvalue weighted by Crippen LogP contribution is 2.30. The van der Waals surface area contributed by atoms with Crippen molar-refractivity contribution in [3.63, 3.8) is 0 Å². The van der Waals surface area contributed by atoms with Crippen LogP contribution >= 0.6 is 11.3 Å². The molecule has 1 aromatic rings. The second kappa shape index (κ2) is 3.39. The van der Waals surface area contributed by atoms with Gasteiger partial charge in [0, 0.05) is 4.88 Å². The Kier molecular flexibility index (Phi) is 2.78. The van der Waals surface area contributed by atoms with Gasteiger partial charge in [0.2, 0.25) is 0 Å². The van der Waals surface area contributed by atoms with E-state index in [0.717, 1.165) is 5.01 Å². The lowest BCUT2D eigenvalue weighted by molar-refractivity contribution is 0.192. The topological polar surface area (TPSA) is 16.1 Å². The van der Waals surface area contributed by atoms with Crippen molar-refractivity contribution in [2.24, 2.45) is 0 Å². The van der Waals surface area contributed by atoms with Crippen molar-refractivity contribution in [3.8, 4) is 0 Å². The van der Waals surface area contributed by atoms with Crippen LogP contribution in [0.3, 0.4) is 0 Å². The Bertz CT molecular complexity index is 300. The molecular formula is C10H18N2S. The van der Waals surface area contributed by atoms with E-state index >= 15 is 0 Å². The van der Waals surface area contributed by atoms with E-state index in [0.29, 0.717) is 0 Å². The van der Waals surface area contributed by atoms with Crippen LogP contribution < -0.4 is 0 Å². The molecule has 0 aliphatic rings. The number of rotatable bonds is 2. The summed E-state index contributed by atoms with van der Waals surface area (Å²) in [4.78, 5) is 8.11. The molecule has 0 saturated heterocycles. The smallest absolute Gasteiger partial charge is 0.0900 e. The molecule has 1 rings (SSSR count). The van der Waals surface area contributed by atoms with Crippen molar-refractivity contribution in [2.45, 2.75) is 33.2 Å². The van der Waals surface area contributed by atoms with Gasteiger partial charge in [0.25, 0.3) is 0 Å². The van der Waals surface area contributed by atoms with Crippen molar-refractivity contribution in [1.82, 2.24) is 9.88 Å². The SMILES string of the molecule is Cc1nc(C(C)(C)N(C)C)c(C)s1. The predicted molar refractivity (Wildman–Crippen MR) is 58.3 cm³/mol. The summed E-state index contributed by atoms with van der Waals surface area (Å²) < 4.78 is 0. The van der Waals surface area contributed by atoms with Gasteiger partial charge in [-0.15, -0.1) is 11.3 Å². The Morgan fingerprint density at radius 1 is 1.23 bits per heavy atom. The lowest BCUT2D eigenvalue weighted by Gasteiger charge is -2.31. The van der Waals surface area contributed by atoms with Gasteiger partial charge in [0.05, 0.1) is 16.2 Å². The Morgan fingerprint density at radius 2 is 1.77 bits per heavy atom. The van der Waals surface area contributed by atoms with Gasteiger partial charge < -0.3 is 0 Å². The van der Waals surface area contributed by atoms with Crippen molar-refractivity contribution in [1.29, 1.82) is 0 Å². The van der Waals surface area contributed by atoms with Crippen LogP contribution in [0.25, 0.3) is 0 Å². The molecular weight excluding hydrogens is 180 g/mol. The monoisotopic (exact) mass is 198 g/mol. The van der Waals surface area contributed by atoms with Crippen LogP contribution in [0.1, 0.15) is 29.4 Å². The summed E-state index contributed by atoms with van der Waals surface area (Å²) in [5.74, 6) is 0. The number of hydrogen-bond donors (Lipinski definition) is 0. The molecule has 0 radical (unpaired) electrons. The highest BCUT2D eigenvalue weighted by Gasteiger charge is 2.27. The van der Waals surface area contributed by atoms with Gasteiger partial charge in [0.1, 0.15) is 0 Å². The Morgan fingerprint density at radius 3 is 2.08 bits per heavy atom. The Balaban J connectivity index is 3.13. The zero-order chi connectivity index (χ0) is 10.2. The highest BCUT2D eigenvalue weighted by atomic mass is 32.1. The largest absolute Gasteiger partial charge is 0.299 e. The molecule has 0 spiro atoms. The third kappa shape index (κ3) is 1.92. The van der Waals surface area contributed by atoms with Gasteiger partial charge in [-0.25, -0.2) is 4.98 Å². The van der Waals surface area contributed by atoms with Gasteiger partial charge in [0.15, 0.2) is 0 Å². The molecule has 0 aliphatic carbocycles. The maximum atomic E-state index is 4.58. The van der Waals surface area contributed by atoms with E-state index in [1.807, 2.05) is 0 Å². The molecule has 1 heterocycles. The fourth-order valence-corrected chi connectivity index (χ4v) is 2.28. The average molecular weight is 198 g/mol. The zero-order valence-corrected chi connectivity index (χ0v) is 10.1. The molecule has 74 valence electrons. The normalized spacial score (nSPS) is 12.5. The summed E-state index contributed by atoms with van der Waals surface area (Å²) in [6.45, 7) is 8.61. The van der Waals surface area contributed by atoms with E-state index in [-0.39, 0.29) is 5.54 Å². The Hall–Kier alpha value is -0.410. The molecule has 13 heavy (non-hydrogen) atoms.